The minimum absolute atomic E-state index is 0.0898. The first-order valence-corrected chi connectivity index (χ1v) is 16.0. The smallest absolute Gasteiger partial charge is 0.189 e. The molecule has 1 aromatic carbocycles. The van der Waals surface area contributed by atoms with Crippen LogP contribution in [-0.4, -0.2) is 27.1 Å². The van der Waals surface area contributed by atoms with E-state index in [0.29, 0.717) is 0 Å². The molecule has 7 nitrogen and oxygen atoms in total. The van der Waals surface area contributed by atoms with Gasteiger partial charge in [0.2, 0.25) is 0 Å². The maximum Gasteiger partial charge on any atom is -0.189 e. The number of non-ortho nitro benzene ring substituents is 1. The SMILES string of the molecule is CCC(C)(C)[N-]C([N-]C(C)(C)CC)c1ccc([N+](=O)[O-])cc1.CCC(C)(C)[N]=[Mo]=[N]C(C)(C)CC.C[C-](C)C. The van der Waals surface area contributed by atoms with E-state index >= 15 is 0 Å². The summed E-state index contributed by atoms with van der Waals surface area (Å²) in [6.45, 7) is 31.9. The molecule has 0 spiro atoms. The third-order valence-corrected chi connectivity index (χ3v) is 9.21. The average molecular weight is 629 g/mol. The van der Waals surface area contributed by atoms with Gasteiger partial charge in [-0.3, -0.25) is 10.1 Å². The molecule has 39 heavy (non-hydrogen) atoms. The van der Waals surface area contributed by atoms with Crippen molar-refractivity contribution < 1.29 is 23.1 Å². The van der Waals surface area contributed by atoms with E-state index in [-0.39, 0.29) is 38.9 Å². The second-order valence-corrected chi connectivity index (χ2v) is 14.2. The van der Waals surface area contributed by atoms with Crippen molar-refractivity contribution in [2.24, 2.45) is 6.99 Å². The number of nitrogens with zero attached hydrogens (tertiary/aromatic N) is 5. The Balaban J connectivity index is 0. The van der Waals surface area contributed by atoms with Gasteiger partial charge in [-0.15, -0.1) is 11.1 Å². The van der Waals surface area contributed by atoms with Crippen LogP contribution in [0.3, 0.4) is 0 Å². The molecule has 0 aliphatic rings. The molecule has 0 N–H and O–H groups in total. The molecule has 8 heteroatoms. The van der Waals surface area contributed by atoms with Crippen LogP contribution in [0.2, 0.25) is 0 Å². The molecule has 1 rings (SSSR count). The van der Waals surface area contributed by atoms with Crippen LogP contribution in [0.1, 0.15) is 141 Å². The molecule has 0 saturated carbocycles. The first-order chi connectivity index (χ1) is 17.7. The summed E-state index contributed by atoms with van der Waals surface area (Å²) in [4.78, 5) is 10.4. The van der Waals surface area contributed by atoms with Gasteiger partial charge in [-0.2, -0.15) is 20.8 Å². The zero-order valence-electron chi connectivity index (χ0n) is 27.7. The van der Waals surface area contributed by atoms with Gasteiger partial charge in [0.15, 0.2) is 0 Å². The minimum Gasteiger partial charge on any atom is -0.323 e. The van der Waals surface area contributed by atoms with Crippen LogP contribution >= 0.6 is 0 Å². The van der Waals surface area contributed by atoms with Crippen molar-refractivity contribution in [1.29, 1.82) is 0 Å². The maximum atomic E-state index is 10.8. The molecule has 0 amide bonds. The molecule has 0 aromatic heterocycles. The summed E-state index contributed by atoms with van der Waals surface area (Å²) in [6, 6.07) is 6.55. The van der Waals surface area contributed by atoms with Crippen LogP contribution < -0.4 is 0 Å². The molecule has 0 radical (unpaired) electrons. The summed E-state index contributed by atoms with van der Waals surface area (Å²) >= 11 is -0.492. The van der Waals surface area contributed by atoms with Crippen molar-refractivity contribution in [3.8, 4) is 0 Å². The number of rotatable bonds is 12. The van der Waals surface area contributed by atoms with Crippen LogP contribution in [0.5, 0.6) is 0 Å². The monoisotopic (exact) mass is 630 g/mol. The third-order valence-electron chi connectivity index (χ3n) is 6.38. The summed E-state index contributed by atoms with van der Waals surface area (Å²) in [5.41, 5.74) is 0.922. The Bertz CT molecular complexity index is 846. The number of nitro benzene ring substituents is 1. The molecule has 0 aliphatic carbocycles. The number of nitro groups is 1. The van der Waals surface area contributed by atoms with E-state index in [1.54, 1.807) is 12.1 Å². The van der Waals surface area contributed by atoms with Crippen molar-refractivity contribution in [2.75, 3.05) is 0 Å². The molecule has 0 fully saturated rings. The first kappa shape index (κ1) is 40.0. The van der Waals surface area contributed by atoms with E-state index < -0.39 is 18.2 Å². The van der Waals surface area contributed by atoms with Crippen molar-refractivity contribution in [3.63, 3.8) is 0 Å². The van der Waals surface area contributed by atoms with Gasteiger partial charge < -0.3 is 16.6 Å². The van der Waals surface area contributed by atoms with Crippen LogP contribution in [0.15, 0.2) is 31.3 Å². The average Bonchev–Trinajstić information content (AvgIpc) is 2.83. The normalized spacial score (nSPS) is 12.2. The topological polar surface area (TPSA) is 96.1 Å². The fourth-order valence-corrected chi connectivity index (χ4v) is 3.98. The predicted molar refractivity (Wildman–Crippen MR) is 165 cm³/mol. The Morgan fingerprint density at radius 1 is 0.769 bits per heavy atom. The van der Waals surface area contributed by atoms with Crippen LogP contribution in [0.25, 0.3) is 10.6 Å². The quantitative estimate of drug-likeness (QED) is 0.0996. The number of hydrogen-bond donors (Lipinski definition) is 0. The van der Waals surface area contributed by atoms with E-state index in [1.807, 2.05) is 0 Å². The van der Waals surface area contributed by atoms with Crippen molar-refractivity contribution in [2.45, 2.75) is 158 Å². The van der Waals surface area contributed by atoms with Crippen molar-refractivity contribution in [1.82, 2.24) is 0 Å². The van der Waals surface area contributed by atoms with E-state index in [2.05, 4.69) is 111 Å². The van der Waals surface area contributed by atoms with Gasteiger partial charge in [-0.1, -0.05) is 72.1 Å². The maximum absolute atomic E-state index is 10.8. The van der Waals surface area contributed by atoms with Gasteiger partial charge in [0.05, 0.1) is 4.92 Å². The zero-order valence-corrected chi connectivity index (χ0v) is 29.7. The van der Waals surface area contributed by atoms with Gasteiger partial charge in [-0.05, 0) is 0 Å². The largest absolute Gasteiger partial charge is 0.323 e. The van der Waals surface area contributed by atoms with Gasteiger partial charge in [0, 0.05) is 12.1 Å². The van der Waals surface area contributed by atoms with Gasteiger partial charge in [0.25, 0.3) is 5.69 Å². The second kappa shape index (κ2) is 18.3. The van der Waals surface area contributed by atoms with Crippen molar-refractivity contribution in [3.05, 3.63) is 56.5 Å². The van der Waals surface area contributed by atoms with E-state index in [0.717, 1.165) is 31.2 Å². The second-order valence-electron chi connectivity index (χ2n) is 12.9. The Morgan fingerprint density at radius 2 is 1.10 bits per heavy atom. The Labute approximate surface area is 249 Å². The fourth-order valence-electron chi connectivity index (χ4n) is 2.16. The standard InChI is InChI=1S/C17H27N3O2.2C5H11N.C4H9.Mo/c1-7-16(3,4)18-15(19-17(5,6)8-2)13-9-11-14(12-10-13)20(21)22;2*1-4-5(2,3)6;1-4(2)3;/h9-12,15H,7-8H2,1-6H3;2*4H2,1-3H3;1-3H3;/q-2;;;-1;. The molecule has 0 unspecified atom stereocenters. The van der Waals surface area contributed by atoms with Crippen LogP contribution in [0.4, 0.5) is 5.69 Å². The summed E-state index contributed by atoms with van der Waals surface area (Å²) in [7, 11) is 0. The first-order valence-electron chi connectivity index (χ1n) is 14.2. The Kier molecular flexibility index (Phi) is 18.8. The summed E-state index contributed by atoms with van der Waals surface area (Å²) in [5.74, 6) is 1.42. The zero-order chi connectivity index (χ0) is 31.1. The van der Waals surface area contributed by atoms with Gasteiger partial charge in [0.1, 0.15) is 0 Å². The summed E-state index contributed by atoms with van der Waals surface area (Å²) < 4.78 is 9.34. The third kappa shape index (κ3) is 20.4. The molecule has 0 bridgehead atoms. The van der Waals surface area contributed by atoms with Crippen LogP contribution in [-0.2, 0) is 18.2 Å². The fraction of sp³-hybridized carbons (Fsp3) is 0.774. The molecule has 228 valence electrons. The Hall–Kier alpha value is -1.17. The number of benzene rings is 1. The summed E-state index contributed by atoms with van der Waals surface area (Å²) in [6.07, 6.45) is 3.75. The molecular weight excluding hydrogens is 570 g/mol. The summed E-state index contributed by atoms with van der Waals surface area (Å²) in [5, 5.41) is 20.5. The van der Waals surface area contributed by atoms with E-state index in [4.69, 9.17) is 10.6 Å². The van der Waals surface area contributed by atoms with Gasteiger partial charge >= 0.3 is 90.7 Å². The Morgan fingerprint density at radius 3 is 1.36 bits per heavy atom. The number of hydrogen-bond acceptors (Lipinski definition) is 4. The molecule has 0 atom stereocenters. The van der Waals surface area contributed by atoms with E-state index in [1.165, 1.54) is 18.1 Å². The van der Waals surface area contributed by atoms with Crippen molar-refractivity contribution >= 4 is 5.69 Å². The van der Waals surface area contributed by atoms with Crippen LogP contribution in [0, 0.1) is 16.0 Å². The molecule has 0 heterocycles. The molecule has 1 aromatic rings. The molecule has 0 saturated heterocycles. The molecule has 0 aliphatic heterocycles. The molecular formula is C31H58MoN5O2-3. The predicted octanol–water partition coefficient (Wildman–Crippen LogP) is 11.2. The van der Waals surface area contributed by atoms with E-state index in [9.17, 15) is 10.1 Å². The van der Waals surface area contributed by atoms with Gasteiger partial charge in [-0.25, -0.2) is 6.17 Å². The minimum atomic E-state index is -0.492.